The Balaban J connectivity index is 3.70. The van der Waals surface area contributed by atoms with Crippen LogP contribution in [0.15, 0.2) is 0 Å². The molecule has 2 heteroatoms. The highest BCUT2D eigenvalue weighted by Gasteiger charge is 2.16. The average Bonchev–Trinajstić information content (AvgIpc) is 2.02. The molecule has 11 heavy (non-hydrogen) atoms. The van der Waals surface area contributed by atoms with Gasteiger partial charge in [-0.1, -0.05) is 20.8 Å². The van der Waals surface area contributed by atoms with Crippen LogP contribution in [0.25, 0.3) is 0 Å². The molecule has 0 aliphatic carbocycles. The lowest BCUT2D eigenvalue weighted by molar-refractivity contribution is 0.274. The fraction of sp³-hybridized carbons (Fsp3) is 1.00. The Bertz CT molecular complexity index is 93.6. The van der Waals surface area contributed by atoms with Crippen LogP contribution < -0.4 is 11.5 Å². The Morgan fingerprint density at radius 1 is 1.00 bits per heavy atom. The molecular formula is C9H22N2. The third-order valence-corrected chi connectivity index (χ3v) is 2.79. The third kappa shape index (κ3) is 3.73. The summed E-state index contributed by atoms with van der Waals surface area (Å²) in [4.78, 5) is 0. The van der Waals surface area contributed by atoms with Crippen LogP contribution in [0, 0.1) is 17.8 Å². The summed E-state index contributed by atoms with van der Waals surface area (Å²) in [6, 6.07) is 0. The minimum absolute atomic E-state index is 0.622. The predicted octanol–water partition coefficient (Wildman–Crippen LogP) is 1.20. The van der Waals surface area contributed by atoms with E-state index in [1.807, 2.05) is 0 Å². The summed E-state index contributed by atoms with van der Waals surface area (Å²) in [5.41, 5.74) is 11.1. The zero-order chi connectivity index (χ0) is 8.85. The molecule has 0 spiro atoms. The van der Waals surface area contributed by atoms with Gasteiger partial charge in [-0.25, -0.2) is 0 Å². The van der Waals surface area contributed by atoms with Crippen molar-refractivity contribution in [2.75, 3.05) is 13.1 Å². The van der Waals surface area contributed by atoms with Gasteiger partial charge in [-0.2, -0.15) is 0 Å². The van der Waals surface area contributed by atoms with Crippen LogP contribution in [0.3, 0.4) is 0 Å². The summed E-state index contributed by atoms with van der Waals surface area (Å²) in [6.07, 6.45) is 1.12. The number of hydrogen-bond acceptors (Lipinski definition) is 2. The molecular weight excluding hydrogens is 136 g/mol. The van der Waals surface area contributed by atoms with E-state index in [0.717, 1.165) is 19.5 Å². The van der Waals surface area contributed by atoms with Crippen LogP contribution in [-0.4, -0.2) is 13.1 Å². The Labute approximate surface area is 70.3 Å². The lowest BCUT2D eigenvalue weighted by Crippen LogP contribution is -2.24. The molecule has 3 atom stereocenters. The van der Waals surface area contributed by atoms with Gasteiger partial charge in [0.2, 0.25) is 0 Å². The van der Waals surface area contributed by atoms with Crippen LogP contribution >= 0.6 is 0 Å². The highest BCUT2D eigenvalue weighted by Crippen LogP contribution is 2.21. The van der Waals surface area contributed by atoms with Crippen LogP contribution in [0.4, 0.5) is 0 Å². The standard InChI is InChI=1S/C9H22N2/c1-7(4-5-10)9(3)8(2)6-11/h7-9H,4-6,10-11H2,1-3H3. The number of rotatable bonds is 5. The minimum Gasteiger partial charge on any atom is -0.330 e. The molecule has 0 radical (unpaired) electrons. The molecule has 68 valence electrons. The van der Waals surface area contributed by atoms with E-state index >= 15 is 0 Å². The first-order valence-corrected chi connectivity index (χ1v) is 4.53. The molecule has 0 saturated heterocycles. The smallest absolute Gasteiger partial charge is 0.00489 e. The quantitative estimate of drug-likeness (QED) is 0.631. The monoisotopic (exact) mass is 158 g/mol. The Morgan fingerprint density at radius 2 is 1.55 bits per heavy atom. The van der Waals surface area contributed by atoms with E-state index in [-0.39, 0.29) is 0 Å². The van der Waals surface area contributed by atoms with E-state index < -0.39 is 0 Å². The fourth-order valence-corrected chi connectivity index (χ4v) is 1.30. The average molecular weight is 158 g/mol. The van der Waals surface area contributed by atoms with E-state index in [1.165, 1.54) is 0 Å². The molecule has 0 aromatic rings. The molecule has 0 amide bonds. The van der Waals surface area contributed by atoms with Gasteiger partial charge in [0.15, 0.2) is 0 Å². The molecule has 0 aliphatic heterocycles. The van der Waals surface area contributed by atoms with Crippen molar-refractivity contribution in [2.45, 2.75) is 27.2 Å². The molecule has 0 aliphatic rings. The van der Waals surface area contributed by atoms with Gasteiger partial charge in [0.05, 0.1) is 0 Å². The van der Waals surface area contributed by atoms with E-state index in [9.17, 15) is 0 Å². The molecule has 2 nitrogen and oxygen atoms in total. The summed E-state index contributed by atoms with van der Waals surface area (Å²) < 4.78 is 0. The van der Waals surface area contributed by atoms with Gasteiger partial charge in [-0.05, 0) is 37.3 Å². The van der Waals surface area contributed by atoms with Gasteiger partial charge in [0.1, 0.15) is 0 Å². The van der Waals surface area contributed by atoms with Crippen molar-refractivity contribution in [3.8, 4) is 0 Å². The summed E-state index contributed by atoms with van der Waals surface area (Å²) in [6.45, 7) is 8.30. The van der Waals surface area contributed by atoms with Gasteiger partial charge in [-0.15, -0.1) is 0 Å². The van der Waals surface area contributed by atoms with E-state index in [2.05, 4.69) is 20.8 Å². The summed E-state index contributed by atoms with van der Waals surface area (Å²) in [5, 5.41) is 0. The van der Waals surface area contributed by atoms with Gasteiger partial charge >= 0.3 is 0 Å². The first-order chi connectivity index (χ1) is 5.13. The molecule has 4 N–H and O–H groups in total. The second kappa shape index (κ2) is 5.56. The van der Waals surface area contributed by atoms with Crippen molar-refractivity contribution in [3.05, 3.63) is 0 Å². The molecule has 0 heterocycles. The molecule has 0 aromatic heterocycles. The van der Waals surface area contributed by atoms with E-state index in [1.54, 1.807) is 0 Å². The topological polar surface area (TPSA) is 52.0 Å². The summed E-state index contributed by atoms with van der Waals surface area (Å²) in [7, 11) is 0. The molecule has 0 bridgehead atoms. The van der Waals surface area contributed by atoms with Gasteiger partial charge in [0.25, 0.3) is 0 Å². The SMILES string of the molecule is CC(CN)C(C)C(C)CCN. The maximum Gasteiger partial charge on any atom is -0.00489 e. The second-order valence-electron chi connectivity index (χ2n) is 3.63. The first-order valence-electron chi connectivity index (χ1n) is 4.53. The Kier molecular flexibility index (Phi) is 5.51. The van der Waals surface area contributed by atoms with Gasteiger partial charge < -0.3 is 11.5 Å². The van der Waals surface area contributed by atoms with Crippen molar-refractivity contribution in [3.63, 3.8) is 0 Å². The van der Waals surface area contributed by atoms with Gasteiger partial charge in [0, 0.05) is 0 Å². The van der Waals surface area contributed by atoms with E-state index in [4.69, 9.17) is 11.5 Å². The summed E-state index contributed by atoms with van der Waals surface area (Å²) in [5.74, 6) is 2.03. The van der Waals surface area contributed by atoms with Crippen molar-refractivity contribution in [1.29, 1.82) is 0 Å². The number of hydrogen-bond donors (Lipinski definition) is 2. The molecule has 0 saturated carbocycles. The summed E-state index contributed by atoms with van der Waals surface area (Å²) >= 11 is 0. The second-order valence-corrected chi connectivity index (χ2v) is 3.63. The Hall–Kier alpha value is -0.0800. The van der Waals surface area contributed by atoms with Crippen LogP contribution in [0.1, 0.15) is 27.2 Å². The molecule has 0 aromatic carbocycles. The zero-order valence-electron chi connectivity index (χ0n) is 8.01. The van der Waals surface area contributed by atoms with Gasteiger partial charge in [-0.3, -0.25) is 0 Å². The van der Waals surface area contributed by atoms with Crippen LogP contribution in [-0.2, 0) is 0 Å². The maximum atomic E-state index is 5.58. The lowest BCUT2D eigenvalue weighted by Gasteiger charge is -2.24. The highest BCUT2D eigenvalue weighted by molar-refractivity contribution is 4.68. The van der Waals surface area contributed by atoms with Crippen molar-refractivity contribution < 1.29 is 0 Å². The minimum atomic E-state index is 0.622. The van der Waals surface area contributed by atoms with Crippen molar-refractivity contribution in [2.24, 2.45) is 29.2 Å². The molecule has 0 rings (SSSR count). The number of nitrogens with two attached hydrogens (primary N) is 2. The lowest BCUT2D eigenvalue weighted by atomic mass is 9.83. The van der Waals surface area contributed by atoms with Crippen molar-refractivity contribution >= 4 is 0 Å². The Morgan fingerprint density at radius 3 is 1.91 bits per heavy atom. The zero-order valence-corrected chi connectivity index (χ0v) is 8.01. The third-order valence-electron chi connectivity index (χ3n) is 2.79. The van der Waals surface area contributed by atoms with Crippen LogP contribution in [0.5, 0.6) is 0 Å². The highest BCUT2D eigenvalue weighted by atomic mass is 14.6. The maximum absolute atomic E-state index is 5.58. The first kappa shape index (κ1) is 10.9. The van der Waals surface area contributed by atoms with E-state index in [0.29, 0.717) is 17.8 Å². The van der Waals surface area contributed by atoms with Crippen molar-refractivity contribution in [1.82, 2.24) is 0 Å². The normalized spacial score (nSPS) is 19.4. The fourth-order valence-electron chi connectivity index (χ4n) is 1.30. The molecule has 3 unspecified atom stereocenters. The molecule has 0 fully saturated rings. The van der Waals surface area contributed by atoms with Crippen LogP contribution in [0.2, 0.25) is 0 Å². The predicted molar refractivity (Wildman–Crippen MR) is 50.2 cm³/mol. The largest absolute Gasteiger partial charge is 0.330 e.